The Hall–Kier alpha value is -0.670. The zero-order valence-electron chi connectivity index (χ0n) is 9.51. The highest BCUT2D eigenvalue weighted by molar-refractivity contribution is 6.18. The maximum absolute atomic E-state index is 13.4. The topological polar surface area (TPSA) is 3.24 Å². The van der Waals surface area contributed by atoms with E-state index in [9.17, 15) is 8.78 Å². The SMILES string of the molecule is CC(C)N(CCCl)Cc1cccc(F)c1F. The summed E-state index contributed by atoms with van der Waals surface area (Å²) in [5.74, 6) is -1.08. The Balaban J connectivity index is 2.81. The lowest BCUT2D eigenvalue weighted by Gasteiger charge is -2.25. The molecule has 1 nitrogen and oxygen atoms in total. The fourth-order valence-corrected chi connectivity index (χ4v) is 1.73. The van der Waals surface area contributed by atoms with Gasteiger partial charge in [0.2, 0.25) is 0 Å². The van der Waals surface area contributed by atoms with E-state index in [4.69, 9.17) is 11.6 Å². The lowest BCUT2D eigenvalue weighted by molar-refractivity contribution is 0.222. The normalized spacial score (nSPS) is 11.4. The van der Waals surface area contributed by atoms with Gasteiger partial charge in [0, 0.05) is 30.6 Å². The highest BCUT2D eigenvalue weighted by Crippen LogP contribution is 2.15. The predicted molar refractivity (Wildman–Crippen MR) is 62.6 cm³/mol. The van der Waals surface area contributed by atoms with E-state index in [-0.39, 0.29) is 6.04 Å². The van der Waals surface area contributed by atoms with Gasteiger partial charge in [-0.1, -0.05) is 12.1 Å². The monoisotopic (exact) mass is 247 g/mol. The molecule has 0 atom stereocenters. The number of halogens is 3. The molecule has 0 spiro atoms. The number of hydrogen-bond donors (Lipinski definition) is 0. The summed E-state index contributed by atoms with van der Waals surface area (Å²) in [5.41, 5.74) is 0.374. The molecule has 0 fully saturated rings. The third-order valence-corrected chi connectivity index (χ3v) is 2.68. The summed E-state index contributed by atoms with van der Waals surface area (Å²) < 4.78 is 26.4. The van der Waals surface area contributed by atoms with Gasteiger partial charge in [-0.2, -0.15) is 0 Å². The van der Waals surface area contributed by atoms with Crippen molar-refractivity contribution in [3.05, 3.63) is 35.4 Å². The second kappa shape index (κ2) is 6.16. The highest BCUT2D eigenvalue weighted by atomic mass is 35.5. The van der Waals surface area contributed by atoms with Gasteiger partial charge in [-0.3, -0.25) is 4.90 Å². The summed E-state index contributed by atoms with van der Waals surface area (Å²) in [6.45, 7) is 5.05. The molecule has 1 aromatic carbocycles. The van der Waals surface area contributed by atoms with Crippen molar-refractivity contribution < 1.29 is 8.78 Å². The molecule has 1 aromatic rings. The van der Waals surface area contributed by atoms with Gasteiger partial charge in [0.05, 0.1) is 0 Å². The molecule has 1 rings (SSSR count). The first-order chi connectivity index (χ1) is 7.56. The molecule has 0 aromatic heterocycles. The molecule has 4 heteroatoms. The van der Waals surface area contributed by atoms with Crippen LogP contribution in [-0.2, 0) is 6.54 Å². The summed E-state index contributed by atoms with van der Waals surface area (Å²) in [4.78, 5) is 2.00. The average molecular weight is 248 g/mol. The van der Waals surface area contributed by atoms with Crippen LogP contribution in [0.4, 0.5) is 8.78 Å². The zero-order chi connectivity index (χ0) is 12.1. The van der Waals surface area contributed by atoms with Crippen LogP contribution in [0.15, 0.2) is 18.2 Å². The largest absolute Gasteiger partial charge is 0.295 e. The molecule has 0 heterocycles. The molecular formula is C12H16ClF2N. The lowest BCUT2D eigenvalue weighted by Crippen LogP contribution is -2.32. The van der Waals surface area contributed by atoms with Crippen molar-refractivity contribution in [1.29, 1.82) is 0 Å². The van der Waals surface area contributed by atoms with Crippen molar-refractivity contribution >= 4 is 11.6 Å². The Morgan fingerprint density at radius 2 is 2.00 bits per heavy atom. The predicted octanol–water partition coefficient (Wildman–Crippen LogP) is 3.41. The molecule has 0 aliphatic rings. The summed E-state index contributed by atoms with van der Waals surface area (Å²) in [7, 11) is 0. The molecule has 0 amide bonds. The van der Waals surface area contributed by atoms with Crippen LogP contribution in [-0.4, -0.2) is 23.4 Å². The quantitative estimate of drug-likeness (QED) is 0.721. The summed E-state index contributed by atoms with van der Waals surface area (Å²) in [6.07, 6.45) is 0. The van der Waals surface area contributed by atoms with E-state index in [0.717, 1.165) is 6.07 Å². The fourth-order valence-electron chi connectivity index (χ4n) is 1.52. The third-order valence-electron chi connectivity index (χ3n) is 2.51. The molecule has 16 heavy (non-hydrogen) atoms. The number of hydrogen-bond acceptors (Lipinski definition) is 1. The van der Waals surface area contributed by atoms with Crippen LogP contribution in [0.2, 0.25) is 0 Å². The number of benzene rings is 1. The van der Waals surface area contributed by atoms with E-state index < -0.39 is 11.6 Å². The molecule has 0 saturated carbocycles. The van der Waals surface area contributed by atoms with Crippen LogP contribution < -0.4 is 0 Å². The number of alkyl halides is 1. The first kappa shape index (κ1) is 13.4. The van der Waals surface area contributed by atoms with Crippen molar-refractivity contribution in [2.45, 2.75) is 26.4 Å². The van der Waals surface area contributed by atoms with Gasteiger partial charge in [0.25, 0.3) is 0 Å². The van der Waals surface area contributed by atoms with Crippen molar-refractivity contribution in [3.63, 3.8) is 0 Å². The van der Waals surface area contributed by atoms with Crippen molar-refractivity contribution in [1.82, 2.24) is 4.90 Å². The molecule has 0 N–H and O–H groups in total. The van der Waals surface area contributed by atoms with Gasteiger partial charge in [0.15, 0.2) is 11.6 Å². The van der Waals surface area contributed by atoms with Gasteiger partial charge >= 0.3 is 0 Å². The summed E-state index contributed by atoms with van der Waals surface area (Å²) in [6, 6.07) is 4.50. The molecular weight excluding hydrogens is 232 g/mol. The van der Waals surface area contributed by atoms with Gasteiger partial charge < -0.3 is 0 Å². The van der Waals surface area contributed by atoms with Crippen molar-refractivity contribution in [2.24, 2.45) is 0 Å². The fraction of sp³-hybridized carbons (Fsp3) is 0.500. The molecule has 0 unspecified atom stereocenters. The van der Waals surface area contributed by atoms with Crippen molar-refractivity contribution in [2.75, 3.05) is 12.4 Å². The number of rotatable bonds is 5. The van der Waals surface area contributed by atoms with Gasteiger partial charge in [-0.15, -0.1) is 11.6 Å². The van der Waals surface area contributed by atoms with Crippen LogP contribution in [0.25, 0.3) is 0 Å². The van der Waals surface area contributed by atoms with Crippen LogP contribution in [0.3, 0.4) is 0 Å². The smallest absolute Gasteiger partial charge is 0.163 e. The van der Waals surface area contributed by atoms with Crippen LogP contribution in [0.5, 0.6) is 0 Å². The van der Waals surface area contributed by atoms with Crippen LogP contribution in [0, 0.1) is 11.6 Å². The minimum absolute atomic E-state index is 0.251. The van der Waals surface area contributed by atoms with Crippen LogP contribution in [0.1, 0.15) is 19.4 Å². The van der Waals surface area contributed by atoms with Gasteiger partial charge in [-0.25, -0.2) is 8.78 Å². The van der Waals surface area contributed by atoms with E-state index >= 15 is 0 Å². The second-order valence-electron chi connectivity index (χ2n) is 3.97. The first-order valence-electron chi connectivity index (χ1n) is 5.29. The van der Waals surface area contributed by atoms with Gasteiger partial charge in [-0.05, 0) is 19.9 Å². The summed E-state index contributed by atoms with van der Waals surface area (Å²) >= 11 is 5.67. The Kier molecular flexibility index (Phi) is 5.16. The van der Waals surface area contributed by atoms with E-state index in [1.54, 1.807) is 6.07 Å². The first-order valence-corrected chi connectivity index (χ1v) is 5.82. The van der Waals surface area contributed by atoms with E-state index in [1.165, 1.54) is 6.07 Å². The zero-order valence-corrected chi connectivity index (χ0v) is 10.3. The molecule has 0 saturated heterocycles. The second-order valence-corrected chi connectivity index (χ2v) is 4.34. The Morgan fingerprint density at radius 1 is 1.31 bits per heavy atom. The Morgan fingerprint density at radius 3 is 2.56 bits per heavy atom. The molecule has 0 bridgehead atoms. The maximum Gasteiger partial charge on any atom is 0.163 e. The molecule has 0 radical (unpaired) electrons. The lowest BCUT2D eigenvalue weighted by atomic mass is 10.1. The molecule has 0 aliphatic carbocycles. The third kappa shape index (κ3) is 3.42. The summed E-state index contributed by atoms with van der Waals surface area (Å²) in [5, 5.41) is 0. The maximum atomic E-state index is 13.4. The van der Waals surface area contributed by atoms with E-state index in [1.807, 2.05) is 18.7 Å². The van der Waals surface area contributed by atoms with E-state index in [2.05, 4.69) is 0 Å². The molecule has 0 aliphatic heterocycles. The number of nitrogens with zero attached hydrogens (tertiary/aromatic N) is 1. The minimum atomic E-state index is -0.799. The van der Waals surface area contributed by atoms with E-state index in [0.29, 0.717) is 24.5 Å². The highest BCUT2D eigenvalue weighted by Gasteiger charge is 2.14. The molecule has 90 valence electrons. The average Bonchev–Trinajstić information content (AvgIpc) is 2.23. The van der Waals surface area contributed by atoms with Crippen molar-refractivity contribution in [3.8, 4) is 0 Å². The Bertz CT molecular complexity index is 342. The van der Waals surface area contributed by atoms with Gasteiger partial charge in [0.1, 0.15) is 0 Å². The minimum Gasteiger partial charge on any atom is -0.295 e. The van der Waals surface area contributed by atoms with Crippen LogP contribution >= 0.6 is 11.6 Å². The Labute approximate surface area is 100 Å². The standard InChI is InChI=1S/C12H16ClF2N/c1-9(2)16(7-6-13)8-10-4-3-5-11(14)12(10)15/h3-5,9H,6-8H2,1-2H3.